The van der Waals surface area contributed by atoms with E-state index in [-0.39, 0.29) is 24.6 Å². The molecule has 0 saturated carbocycles. The van der Waals surface area contributed by atoms with Crippen molar-refractivity contribution in [3.8, 4) is 0 Å². The minimum atomic E-state index is -0.140. The van der Waals surface area contributed by atoms with Crippen LogP contribution in [0.5, 0.6) is 0 Å². The van der Waals surface area contributed by atoms with Crippen molar-refractivity contribution in [3.05, 3.63) is 12.2 Å². The van der Waals surface area contributed by atoms with Crippen LogP contribution < -0.4 is 0 Å². The first-order valence-electron chi connectivity index (χ1n) is 22.5. The summed E-state index contributed by atoms with van der Waals surface area (Å²) in [5, 5.41) is 9.53. The number of rotatable bonds is 42. The van der Waals surface area contributed by atoms with E-state index in [9.17, 15) is 14.7 Å². The highest BCUT2D eigenvalue weighted by Gasteiger charge is 2.14. The fourth-order valence-electron chi connectivity index (χ4n) is 6.69. The predicted molar refractivity (Wildman–Crippen MR) is 220 cm³/mol. The Morgan fingerprint density at radius 3 is 1.52 bits per heavy atom. The molecule has 0 aliphatic carbocycles. The second kappa shape index (κ2) is 42.3. The van der Waals surface area contributed by atoms with Crippen LogP contribution in [-0.4, -0.2) is 74.1 Å². The molecule has 52 heavy (non-hydrogen) atoms. The Balaban J connectivity index is 3.97. The van der Waals surface area contributed by atoms with E-state index in [0.717, 1.165) is 90.3 Å². The SMILES string of the molecule is CCCCCCCCOCC=CCOC(=O)CCCCCN(CCO)CCCCCCCC(=O)OC(CCCCCCCC)CCCCCCCC. The van der Waals surface area contributed by atoms with Crippen molar-refractivity contribution in [1.82, 2.24) is 4.90 Å². The van der Waals surface area contributed by atoms with E-state index >= 15 is 0 Å². The third-order valence-electron chi connectivity index (χ3n) is 10.0. The molecular formula is C45H87NO6. The minimum absolute atomic E-state index is 0.000587. The summed E-state index contributed by atoms with van der Waals surface area (Å²) in [6, 6.07) is 0. The average molecular weight is 738 g/mol. The van der Waals surface area contributed by atoms with Crippen molar-refractivity contribution in [2.45, 2.75) is 219 Å². The van der Waals surface area contributed by atoms with Gasteiger partial charge in [0.25, 0.3) is 0 Å². The fraction of sp³-hybridized carbons (Fsp3) is 0.911. The van der Waals surface area contributed by atoms with Crippen molar-refractivity contribution in [2.24, 2.45) is 0 Å². The maximum atomic E-state index is 12.7. The average Bonchev–Trinajstić information content (AvgIpc) is 3.14. The number of carbonyl (C=O) groups is 2. The van der Waals surface area contributed by atoms with Gasteiger partial charge in [0.15, 0.2) is 0 Å². The summed E-state index contributed by atoms with van der Waals surface area (Å²) in [7, 11) is 0. The van der Waals surface area contributed by atoms with E-state index in [1.54, 1.807) is 0 Å². The summed E-state index contributed by atoms with van der Waals surface area (Å²) < 4.78 is 16.9. The van der Waals surface area contributed by atoms with Crippen LogP contribution >= 0.6 is 0 Å². The second-order valence-electron chi connectivity index (χ2n) is 15.1. The number of nitrogens with zero attached hydrogens (tertiary/aromatic N) is 1. The quantitative estimate of drug-likeness (QED) is 0.0379. The molecule has 0 unspecified atom stereocenters. The van der Waals surface area contributed by atoms with Gasteiger partial charge < -0.3 is 24.2 Å². The van der Waals surface area contributed by atoms with E-state index in [0.29, 0.717) is 32.6 Å². The second-order valence-corrected chi connectivity index (χ2v) is 15.1. The molecule has 0 amide bonds. The van der Waals surface area contributed by atoms with E-state index in [1.807, 2.05) is 12.2 Å². The minimum Gasteiger partial charge on any atom is -0.462 e. The summed E-state index contributed by atoms with van der Waals surface area (Å²) in [4.78, 5) is 27.1. The highest BCUT2D eigenvalue weighted by atomic mass is 16.5. The number of esters is 2. The molecule has 0 aromatic heterocycles. The predicted octanol–water partition coefficient (Wildman–Crippen LogP) is 12.1. The Labute approximate surface area is 322 Å². The molecule has 308 valence electrons. The molecular weight excluding hydrogens is 650 g/mol. The lowest BCUT2D eigenvalue weighted by molar-refractivity contribution is -0.150. The van der Waals surface area contributed by atoms with E-state index in [1.165, 1.54) is 109 Å². The van der Waals surface area contributed by atoms with Gasteiger partial charge in [-0.3, -0.25) is 9.59 Å². The smallest absolute Gasteiger partial charge is 0.306 e. The van der Waals surface area contributed by atoms with Crippen molar-refractivity contribution < 1.29 is 28.9 Å². The number of hydrogen-bond acceptors (Lipinski definition) is 7. The molecule has 0 bridgehead atoms. The molecule has 0 atom stereocenters. The van der Waals surface area contributed by atoms with Crippen molar-refractivity contribution in [1.29, 1.82) is 0 Å². The van der Waals surface area contributed by atoms with Crippen LogP contribution in [0, 0.1) is 0 Å². The Morgan fingerprint density at radius 1 is 0.519 bits per heavy atom. The van der Waals surface area contributed by atoms with Crippen LogP contribution in [0.3, 0.4) is 0 Å². The number of hydrogen-bond donors (Lipinski definition) is 1. The number of carbonyl (C=O) groups excluding carboxylic acids is 2. The Kier molecular flexibility index (Phi) is 41.1. The Bertz CT molecular complexity index is 759. The van der Waals surface area contributed by atoms with Gasteiger partial charge in [0, 0.05) is 26.0 Å². The lowest BCUT2D eigenvalue weighted by Crippen LogP contribution is -2.29. The molecule has 0 aromatic rings. The van der Waals surface area contributed by atoms with Crippen LogP contribution in [0.25, 0.3) is 0 Å². The van der Waals surface area contributed by atoms with Gasteiger partial charge >= 0.3 is 11.9 Å². The zero-order valence-corrected chi connectivity index (χ0v) is 34.8. The fourth-order valence-corrected chi connectivity index (χ4v) is 6.69. The van der Waals surface area contributed by atoms with Gasteiger partial charge in [0.05, 0.1) is 13.2 Å². The van der Waals surface area contributed by atoms with E-state index in [4.69, 9.17) is 14.2 Å². The van der Waals surface area contributed by atoms with E-state index < -0.39 is 0 Å². The molecule has 0 aliphatic heterocycles. The van der Waals surface area contributed by atoms with Crippen molar-refractivity contribution in [2.75, 3.05) is 46.1 Å². The van der Waals surface area contributed by atoms with Gasteiger partial charge in [-0.05, 0) is 77.0 Å². The van der Waals surface area contributed by atoms with Gasteiger partial charge in [-0.2, -0.15) is 0 Å². The van der Waals surface area contributed by atoms with E-state index in [2.05, 4.69) is 25.7 Å². The summed E-state index contributed by atoms with van der Waals surface area (Å²) in [6.07, 6.45) is 38.0. The monoisotopic (exact) mass is 738 g/mol. The van der Waals surface area contributed by atoms with Gasteiger partial charge in [0.2, 0.25) is 0 Å². The lowest BCUT2D eigenvalue weighted by atomic mass is 10.0. The van der Waals surface area contributed by atoms with Crippen molar-refractivity contribution in [3.63, 3.8) is 0 Å². The van der Waals surface area contributed by atoms with Crippen LogP contribution in [0.15, 0.2) is 12.2 Å². The molecule has 0 spiro atoms. The standard InChI is InChI=1S/C45H87NO6/c1-4-7-10-13-17-23-32-43(33-24-18-14-11-8-5-2)52-45(49)35-25-19-16-20-27-36-46(38-39-47)37-28-22-26-34-44(48)51-42-31-30-41-50-40-29-21-15-12-9-6-3/h30-31,43,47H,4-29,32-42H2,1-3H3. The van der Waals surface area contributed by atoms with Gasteiger partial charge in [-0.1, -0.05) is 149 Å². The molecule has 0 aromatic carbocycles. The zero-order chi connectivity index (χ0) is 38.0. The molecule has 7 heteroatoms. The summed E-state index contributed by atoms with van der Waals surface area (Å²) >= 11 is 0. The first kappa shape index (κ1) is 50.6. The molecule has 0 rings (SSSR count). The topological polar surface area (TPSA) is 85.3 Å². The van der Waals surface area contributed by atoms with Crippen LogP contribution in [-0.2, 0) is 23.8 Å². The van der Waals surface area contributed by atoms with Crippen LogP contribution in [0.4, 0.5) is 0 Å². The largest absolute Gasteiger partial charge is 0.462 e. The van der Waals surface area contributed by atoms with Gasteiger partial charge in [0.1, 0.15) is 12.7 Å². The lowest BCUT2D eigenvalue weighted by Gasteiger charge is -2.21. The number of aliphatic hydroxyl groups is 1. The summed E-state index contributed by atoms with van der Waals surface area (Å²) in [5.74, 6) is -0.139. The molecule has 0 radical (unpaired) electrons. The number of aliphatic hydroxyl groups excluding tert-OH is 1. The first-order valence-corrected chi connectivity index (χ1v) is 22.5. The molecule has 0 aliphatic rings. The Hall–Kier alpha value is -1.44. The zero-order valence-electron chi connectivity index (χ0n) is 34.8. The number of ether oxygens (including phenoxy) is 3. The molecule has 1 N–H and O–H groups in total. The maximum Gasteiger partial charge on any atom is 0.306 e. The Morgan fingerprint density at radius 2 is 0.962 bits per heavy atom. The number of unbranched alkanes of at least 4 members (excludes halogenated alkanes) is 21. The highest BCUT2D eigenvalue weighted by molar-refractivity contribution is 5.69. The van der Waals surface area contributed by atoms with Crippen LogP contribution in [0.1, 0.15) is 213 Å². The summed E-state index contributed by atoms with van der Waals surface area (Å²) in [6.45, 7) is 11.2. The highest BCUT2D eigenvalue weighted by Crippen LogP contribution is 2.18. The maximum absolute atomic E-state index is 12.7. The third-order valence-corrected chi connectivity index (χ3v) is 10.0. The normalized spacial score (nSPS) is 11.7. The van der Waals surface area contributed by atoms with Gasteiger partial charge in [-0.25, -0.2) is 0 Å². The third kappa shape index (κ3) is 38.3. The van der Waals surface area contributed by atoms with Crippen LogP contribution in [0.2, 0.25) is 0 Å². The molecule has 0 saturated heterocycles. The molecule has 0 heterocycles. The molecule has 7 nitrogen and oxygen atoms in total. The first-order chi connectivity index (χ1) is 25.6. The van der Waals surface area contributed by atoms with Crippen molar-refractivity contribution >= 4 is 11.9 Å². The summed E-state index contributed by atoms with van der Waals surface area (Å²) in [5.41, 5.74) is 0. The van der Waals surface area contributed by atoms with Gasteiger partial charge in [-0.15, -0.1) is 0 Å². The molecule has 0 fully saturated rings.